The number of halogens is 1. The lowest BCUT2D eigenvalue weighted by atomic mass is 10.0. The standard InChI is InChI=1S/C19H15ClN4O2S/c1-3-26-19(25)14-10-21-18(27-14)13-7-5-4-6-12(13)17-11(2)22-16-9-8-15(20)23-24(16)17/h4-10H,3H2,1-2H3. The molecule has 4 rings (SSSR count). The molecule has 0 unspecified atom stereocenters. The van der Waals surface area contributed by atoms with E-state index < -0.39 is 0 Å². The molecule has 0 aliphatic heterocycles. The number of aromatic nitrogens is 4. The average molecular weight is 399 g/mol. The number of imidazole rings is 1. The smallest absolute Gasteiger partial charge is 0.349 e. The number of esters is 1. The highest BCUT2D eigenvalue weighted by Crippen LogP contribution is 2.36. The van der Waals surface area contributed by atoms with Gasteiger partial charge in [0.2, 0.25) is 0 Å². The van der Waals surface area contributed by atoms with Gasteiger partial charge in [-0.2, -0.15) is 5.10 Å². The second kappa shape index (κ2) is 7.09. The number of aryl methyl sites for hydroxylation is 1. The first-order chi connectivity index (χ1) is 13.1. The Labute approximate surface area is 164 Å². The van der Waals surface area contributed by atoms with Gasteiger partial charge in [-0.05, 0) is 26.0 Å². The molecular formula is C19H15ClN4O2S. The third-order valence-electron chi connectivity index (χ3n) is 4.01. The lowest BCUT2D eigenvalue weighted by Gasteiger charge is -2.08. The molecule has 0 fully saturated rings. The molecule has 3 aromatic heterocycles. The zero-order valence-corrected chi connectivity index (χ0v) is 16.2. The Balaban J connectivity index is 1.87. The van der Waals surface area contributed by atoms with Crippen molar-refractivity contribution in [2.75, 3.05) is 6.61 Å². The first-order valence-corrected chi connectivity index (χ1v) is 9.52. The number of thiazole rings is 1. The molecule has 0 atom stereocenters. The van der Waals surface area contributed by atoms with Gasteiger partial charge in [-0.15, -0.1) is 11.3 Å². The molecule has 6 nitrogen and oxygen atoms in total. The first kappa shape index (κ1) is 17.6. The molecule has 8 heteroatoms. The maximum Gasteiger partial charge on any atom is 0.349 e. The minimum atomic E-state index is -0.363. The molecule has 0 saturated heterocycles. The number of rotatable bonds is 4. The number of ether oxygens (including phenoxy) is 1. The van der Waals surface area contributed by atoms with Crippen LogP contribution in [0.15, 0.2) is 42.6 Å². The predicted molar refractivity (Wildman–Crippen MR) is 105 cm³/mol. The van der Waals surface area contributed by atoms with Gasteiger partial charge in [0.15, 0.2) is 5.65 Å². The Hall–Kier alpha value is -2.77. The molecule has 4 aromatic rings. The van der Waals surface area contributed by atoms with E-state index in [2.05, 4.69) is 15.1 Å². The summed E-state index contributed by atoms with van der Waals surface area (Å²) in [6.45, 7) is 4.04. The summed E-state index contributed by atoms with van der Waals surface area (Å²) in [5, 5.41) is 5.51. The van der Waals surface area contributed by atoms with Crippen molar-refractivity contribution in [1.29, 1.82) is 0 Å². The number of nitrogens with zero attached hydrogens (tertiary/aromatic N) is 4. The molecule has 0 aliphatic rings. The van der Waals surface area contributed by atoms with E-state index >= 15 is 0 Å². The zero-order chi connectivity index (χ0) is 19.0. The van der Waals surface area contributed by atoms with Crippen LogP contribution in [0.25, 0.3) is 27.5 Å². The summed E-state index contributed by atoms with van der Waals surface area (Å²) in [4.78, 5) is 21.5. The molecule has 0 N–H and O–H groups in total. The minimum absolute atomic E-state index is 0.329. The Morgan fingerprint density at radius 2 is 2.00 bits per heavy atom. The van der Waals surface area contributed by atoms with E-state index in [0.29, 0.717) is 22.3 Å². The first-order valence-electron chi connectivity index (χ1n) is 8.33. The molecule has 0 spiro atoms. The maximum absolute atomic E-state index is 12.0. The quantitative estimate of drug-likeness (QED) is 0.467. The minimum Gasteiger partial charge on any atom is -0.462 e. The average Bonchev–Trinajstić information content (AvgIpc) is 3.26. The monoisotopic (exact) mass is 398 g/mol. The summed E-state index contributed by atoms with van der Waals surface area (Å²) < 4.78 is 6.79. The van der Waals surface area contributed by atoms with Gasteiger partial charge in [0, 0.05) is 11.1 Å². The fourth-order valence-electron chi connectivity index (χ4n) is 2.90. The van der Waals surface area contributed by atoms with Gasteiger partial charge in [-0.1, -0.05) is 35.9 Å². The summed E-state index contributed by atoms with van der Waals surface area (Å²) in [6, 6.07) is 11.4. The van der Waals surface area contributed by atoms with Crippen molar-refractivity contribution < 1.29 is 9.53 Å². The molecule has 1 aromatic carbocycles. The molecular weight excluding hydrogens is 384 g/mol. The van der Waals surface area contributed by atoms with Crippen molar-refractivity contribution in [3.05, 3.63) is 58.3 Å². The molecule has 0 radical (unpaired) electrons. The van der Waals surface area contributed by atoms with Crippen LogP contribution in [0.2, 0.25) is 5.15 Å². The van der Waals surface area contributed by atoms with E-state index in [4.69, 9.17) is 16.3 Å². The Bertz CT molecular complexity index is 1150. The topological polar surface area (TPSA) is 69.4 Å². The van der Waals surface area contributed by atoms with Gasteiger partial charge in [0.05, 0.1) is 24.2 Å². The number of carbonyl (C=O) groups is 1. The highest BCUT2D eigenvalue weighted by atomic mass is 35.5. The summed E-state index contributed by atoms with van der Waals surface area (Å²) in [6.07, 6.45) is 1.55. The van der Waals surface area contributed by atoms with E-state index in [0.717, 1.165) is 27.5 Å². The molecule has 3 heterocycles. The van der Waals surface area contributed by atoms with E-state index in [-0.39, 0.29) is 5.97 Å². The summed E-state index contributed by atoms with van der Waals surface area (Å²) in [5.74, 6) is -0.363. The van der Waals surface area contributed by atoms with Gasteiger partial charge in [0.1, 0.15) is 15.0 Å². The summed E-state index contributed by atoms with van der Waals surface area (Å²) in [5.41, 5.74) is 4.20. The van der Waals surface area contributed by atoms with Crippen LogP contribution >= 0.6 is 22.9 Å². The van der Waals surface area contributed by atoms with Crippen LogP contribution in [0.1, 0.15) is 22.3 Å². The van der Waals surface area contributed by atoms with E-state index in [1.54, 1.807) is 23.7 Å². The van der Waals surface area contributed by atoms with Crippen molar-refractivity contribution in [2.24, 2.45) is 0 Å². The van der Waals surface area contributed by atoms with Gasteiger partial charge < -0.3 is 4.74 Å². The van der Waals surface area contributed by atoms with Crippen LogP contribution in [-0.2, 0) is 4.74 Å². The van der Waals surface area contributed by atoms with Crippen LogP contribution < -0.4 is 0 Å². The van der Waals surface area contributed by atoms with Crippen LogP contribution in [0, 0.1) is 6.92 Å². The Kier molecular flexibility index (Phi) is 4.63. The van der Waals surface area contributed by atoms with Crippen LogP contribution in [-0.4, -0.2) is 32.2 Å². The van der Waals surface area contributed by atoms with E-state index in [1.807, 2.05) is 37.3 Å². The second-order valence-electron chi connectivity index (χ2n) is 5.77. The molecule has 27 heavy (non-hydrogen) atoms. The third-order valence-corrected chi connectivity index (χ3v) is 5.23. The normalized spacial score (nSPS) is 11.1. The maximum atomic E-state index is 12.0. The number of carbonyl (C=O) groups excluding carboxylic acids is 1. The van der Waals surface area contributed by atoms with Crippen molar-refractivity contribution in [2.45, 2.75) is 13.8 Å². The molecule has 136 valence electrons. The SMILES string of the molecule is CCOC(=O)c1cnc(-c2ccccc2-c2c(C)nc3ccc(Cl)nn23)s1. The van der Waals surface area contributed by atoms with E-state index in [9.17, 15) is 4.79 Å². The largest absolute Gasteiger partial charge is 0.462 e. The van der Waals surface area contributed by atoms with Crippen molar-refractivity contribution in [3.63, 3.8) is 0 Å². The fourth-order valence-corrected chi connectivity index (χ4v) is 3.89. The number of fused-ring (bicyclic) bond motifs is 1. The van der Waals surface area contributed by atoms with Gasteiger partial charge >= 0.3 is 5.97 Å². The summed E-state index contributed by atoms with van der Waals surface area (Å²) >= 11 is 7.39. The van der Waals surface area contributed by atoms with E-state index in [1.165, 1.54) is 11.3 Å². The molecule has 0 bridgehead atoms. The number of hydrogen-bond acceptors (Lipinski definition) is 6. The predicted octanol–water partition coefficient (Wildman–Crippen LogP) is 4.66. The van der Waals surface area contributed by atoms with Crippen molar-refractivity contribution >= 4 is 34.6 Å². The van der Waals surface area contributed by atoms with Gasteiger partial charge in [0.25, 0.3) is 0 Å². The highest BCUT2D eigenvalue weighted by molar-refractivity contribution is 7.16. The molecule has 0 saturated carbocycles. The second-order valence-corrected chi connectivity index (χ2v) is 7.19. The van der Waals surface area contributed by atoms with Crippen LogP contribution in [0.5, 0.6) is 0 Å². The number of benzene rings is 1. The Morgan fingerprint density at radius 1 is 1.22 bits per heavy atom. The third kappa shape index (κ3) is 3.20. The fraction of sp³-hybridized carbons (Fsp3) is 0.158. The lowest BCUT2D eigenvalue weighted by molar-refractivity contribution is 0.0532. The molecule has 0 amide bonds. The number of hydrogen-bond donors (Lipinski definition) is 0. The Morgan fingerprint density at radius 3 is 2.78 bits per heavy atom. The molecule has 0 aliphatic carbocycles. The van der Waals surface area contributed by atoms with Crippen LogP contribution in [0.4, 0.5) is 0 Å². The van der Waals surface area contributed by atoms with Gasteiger partial charge in [-0.25, -0.2) is 19.3 Å². The zero-order valence-electron chi connectivity index (χ0n) is 14.6. The lowest BCUT2D eigenvalue weighted by Crippen LogP contribution is -2.01. The van der Waals surface area contributed by atoms with Gasteiger partial charge in [-0.3, -0.25) is 0 Å². The van der Waals surface area contributed by atoms with Crippen LogP contribution in [0.3, 0.4) is 0 Å². The van der Waals surface area contributed by atoms with Crippen molar-refractivity contribution in [1.82, 2.24) is 19.6 Å². The van der Waals surface area contributed by atoms with Crippen molar-refractivity contribution in [3.8, 4) is 21.8 Å². The highest BCUT2D eigenvalue weighted by Gasteiger charge is 2.19. The summed E-state index contributed by atoms with van der Waals surface area (Å²) in [7, 11) is 0.